The number of rotatable bonds is 5. The summed E-state index contributed by atoms with van der Waals surface area (Å²) in [4.78, 5) is 11.7. The molecule has 5 heteroatoms. The van der Waals surface area contributed by atoms with Crippen LogP contribution in [0.4, 0.5) is 0 Å². The molecular weight excluding hydrogens is 250 g/mol. The molecule has 0 aliphatic heterocycles. The number of sulfonamides is 1. The average Bonchev–Trinajstić information content (AvgIpc) is 3.11. The second kappa shape index (κ2) is 4.82. The Morgan fingerprint density at radius 1 is 1.33 bits per heavy atom. The predicted molar refractivity (Wildman–Crippen MR) is 68.9 cm³/mol. The number of carbonyl (C=O) groups is 1. The van der Waals surface area contributed by atoms with Gasteiger partial charge in [0.1, 0.15) is 5.78 Å². The smallest absolute Gasteiger partial charge is 0.241 e. The van der Waals surface area contributed by atoms with Crippen molar-refractivity contribution in [3.63, 3.8) is 0 Å². The summed E-state index contributed by atoms with van der Waals surface area (Å²) >= 11 is 0. The van der Waals surface area contributed by atoms with E-state index in [2.05, 4.69) is 4.72 Å². The molecular formula is C13H17NO3S. The fourth-order valence-electron chi connectivity index (χ4n) is 1.79. The summed E-state index contributed by atoms with van der Waals surface area (Å²) in [6, 6.07) is 6.76. The lowest BCUT2D eigenvalue weighted by atomic mass is 9.98. The molecule has 1 aliphatic carbocycles. The fraction of sp³-hybridized carbons (Fsp3) is 0.462. The molecule has 1 aliphatic rings. The highest BCUT2D eigenvalue weighted by atomic mass is 32.2. The number of hydrogen-bond acceptors (Lipinski definition) is 3. The molecule has 1 saturated carbocycles. The molecule has 1 aromatic carbocycles. The van der Waals surface area contributed by atoms with Crippen LogP contribution in [0, 0.1) is 0 Å². The van der Waals surface area contributed by atoms with Crippen molar-refractivity contribution in [2.45, 2.75) is 43.5 Å². The lowest BCUT2D eigenvalue weighted by molar-refractivity contribution is -0.118. The number of benzene rings is 1. The molecule has 0 heterocycles. The first-order valence-corrected chi connectivity index (χ1v) is 7.52. The molecule has 18 heavy (non-hydrogen) atoms. The van der Waals surface area contributed by atoms with E-state index in [0.717, 1.165) is 12.8 Å². The van der Waals surface area contributed by atoms with Gasteiger partial charge in [0.15, 0.2) is 0 Å². The Bertz CT molecular complexity index is 561. The van der Waals surface area contributed by atoms with Gasteiger partial charge in [-0.25, -0.2) is 13.1 Å². The Labute approximate surface area is 107 Å². The van der Waals surface area contributed by atoms with Crippen LogP contribution in [-0.2, 0) is 14.8 Å². The van der Waals surface area contributed by atoms with Crippen molar-refractivity contribution in [1.82, 2.24) is 4.72 Å². The van der Waals surface area contributed by atoms with Gasteiger partial charge < -0.3 is 0 Å². The molecule has 0 amide bonds. The molecule has 0 spiro atoms. The Morgan fingerprint density at radius 2 is 1.94 bits per heavy atom. The van der Waals surface area contributed by atoms with Crippen LogP contribution in [0.2, 0.25) is 0 Å². The number of nitrogens with one attached hydrogen (secondary N) is 1. The van der Waals surface area contributed by atoms with Crippen LogP contribution in [0.3, 0.4) is 0 Å². The molecule has 98 valence electrons. The highest BCUT2D eigenvalue weighted by Gasteiger charge is 2.30. The van der Waals surface area contributed by atoms with Gasteiger partial charge in [-0.2, -0.15) is 0 Å². The minimum atomic E-state index is -3.51. The monoisotopic (exact) mass is 267 g/mol. The van der Waals surface area contributed by atoms with Crippen molar-refractivity contribution >= 4 is 15.8 Å². The van der Waals surface area contributed by atoms with E-state index in [1.54, 1.807) is 31.2 Å². The topological polar surface area (TPSA) is 63.2 Å². The number of hydrogen-bond donors (Lipinski definition) is 1. The number of carbonyl (C=O) groups excluding carboxylic acids is 1. The van der Waals surface area contributed by atoms with E-state index in [1.807, 2.05) is 0 Å². The van der Waals surface area contributed by atoms with Crippen LogP contribution in [0.15, 0.2) is 29.2 Å². The van der Waals surface area contributed by atoms with Crippen LogP contribution in [0.5, 0.6) is 0 Å². The Kier molecular flexibility index (Phi) is 3.54. The van der Waals surface area contributed by atoms with Crippen LogP contribution in [0.1, 0.15) is 38.2 Å². The first-order valence-electron chi connectivity index (χ1n) is 6.03. The first kappa shape index (κ1) is 13.2. The minimum absolute atomic E-state index is 0.0379. The second-order valence-corrected chi connectivity index (χ2v) is 6.45. The number of Topliss-reactive ketones (excluding diaryl/α,β-unsaturated/α-hetero) is 1. The van der Waals surface area contributed by atoms with E-state index in [1.165, 1.54) is 6.92 Å². The average molecular weight is 267 g/mol. The summed E-state index contributed by atoms with van der Waals surface area (Å²) in [6.45, 7) is 3.20. The summed E-state index contributed by atoms with van der Waals surface area (Å²) in [5.41, 5.74) is 0.568. The molecule has 0 radical (unpaired) electrons. The second-order valence-electron chi connectivity index (χ2n) is 4.77. The van der Waals surface area contributed by atoms with Gasteiger partial charge in [-0.3, -0.25) is 4.79 Å². The Hall–Kier alpha value is -1.20. The molecule has 0 aromatic heterocycles. The largest absolute Gasteiger partial charge is 0.299 e. The molecule has 1 aromatic rings. The molecule has 1 N–H and O–H groups in total. The SMILES string of the molecule is CC(=O)C(C)c1ccccc1S(=O)(=O)NC1CC1. The zero-order chi connectivity index (χ0) is 13.3. The first-order chi connectivity index (χ1) is 8.42. The van der Waals surface area contributed by atoms with Crippen molar-refractivity contribution < 1.29 is 13.2 Å². The van der Waals surface area contributed by atoms with Gasteiger partial charge in [0.2, 0.25) is 10.0 Å². The molecule has 0 saturated heterocycles. The summed E-state index contributed by atoms with van der Waals surface area (Å²) in [7, 11) is -3.51. The minimum Gasteiger partial charge on any atom is -0.299 e. The highest BCUT2D eigenvalue weighted by molar-refractivity contribution is 7.89. The molecule has 0 bridgehead atoms. The van der Waals surface area contributed by atoms with E-state index in [-0.39, 0.29) is 16.7 Å². The maximum absolute atomic E-state index is 12.2. The Balaban J connectivity index is 2.40. The van der Waals surface area contributed by atoms with Gasteiger partial charge in [-0.1, -0.05) is 25.1 Å². The zero-order valence-electron chi connectivity index (χ0n) is 10.5. The van der Waals surface area contributed by atoms with Gasteiger partial charge in [-0.05, 0) is 31.4 Å². The predicted octanol–water partition coefficient (Wildman–Crippen LogP) is 1.82. The Morgan fingerprint density at radius 3 is 2.50 bits per heavy atom. The van der Waals surface area contributed by atoms with E-state index < -0.39 is 15.9 Å². The van der Waals surface area contributed by atoms with E-state index >= 15 is 0 Å². The van der Waals surface area contributed by atoms with Crippen molar-refractivity contribution in [3.05, 3.63) is 29.8 Å². The summed E-state index contributed by atoms with van der Waals surface area (Å²) < 4.78 is 27.1. The lowest BCUT2D eigenvalue weighted by Gasteiger charge is -2.14. The normalized spacial score (nSPS) is 17.4. The van der Waals surface area contributed by atoms with Crippen molar-refractivity contribution in [2.75, 3.05) is 0 Å². The molecule has 2 rings (SSSR count). The van der Waals surface area contributed by atoms with Crippen LogP contribution >= 0.6 is 0 Å². The maximum atomic E-state index is 12.2. The number of ketones is 1. The van der Waals surface area contributed by atoms with Crippen LogP contribution < -0.4 is 4.72 Å². The highest BCUT2D eigenvalue weighted by Crippen LogP contribution is 2.27. The van der Waals surface area contributed by atoms with Gasteiger partial charge in [0.05, 0.1) is 4.90 Å². The van der Waals surface area contributed by atoms with E-state index in [9.17, 15) is 13.2 Å². The summed E-state index contributed by atoms with van der Waals surface area (Å²) in [5, 5.41) is 0. The fourth-order valence-corrected chi connectivity index (χ4v) is 3.40. The van der Waals surface area contributed by atoms with E-state index in [4.69, 9.17) is 0 Å². The van der Waals surface area contributed by atoms with Gasteiger partial charge in [-0.15, -0.1) is 0 Å². The van der Waals surface area contributed by atoms with Crippen LogP contribution in [0.25, 0.3) is 0 Å². The van der Waals surface area contributed by atoms with Gasteiger partial charge in [0, 0.05) is 12.0 Å². The quantitative estimate of drug-likeness (QED) is 0.885. The third kappa shape index (κ3) is 2.79. The van der Waals surface area contributed by atoms with Crippen LogP contribution in [-0.4, -0.2) is 20.2 Å². The van der Waals surface area contributed by atoms with E-state index in [0.29, 0.717) is 5.56 Å². The molecule has 1 atom stereocenters. The third-order valence-electron chi connectivity index (χ3n) is 3.18. The summed E-state index contributed by atoms with van der Waals surface area (Å²) in [5.74, 6) is -0.443. The zero-order valence-corrected chi connectivity index (χ0v) is 11.3. The lowest BCUT2D eigenvalue weighted by Crippen LogP contribution is -2.27. The standard InChI is InChI=1S/C13H17NO3S/c1-9(10(2)15)12-5-3-4-6-13(12)18(16,17)14-11-7-8-11/h3-6,9,11,14H,7-8H2,1-2H3. The third-order valence-corrected chi connectivity index (χ3v) is 4.78. The maximum Gasteiger partial charge on any atom is 0.241 e. The molecule has 4 nitrogen and oxygen atoms in total. The van der Waals surface area contributed by atoms with Gasteiger partial charge in [0.25, 0.3) is 0 Å². The van der Waals surface area contributed by atoms with Crippen molar-refractivity contribution in [3.8, 4) is 0 Å². The summed E-state index contributed by atoms with van der Waals surface area (Å²) in [6.07, 6.45) is 1.79. The van der Waals surface area contributed by atoms with Gasteiger partial charge >= 0.3 is 0 Å². The molecule has 1 fully saturated rings. The van der Waals surface area contributed by atoms with Crippen molar-refractivity contribution in [1.29, 1.82) is 0 Å². The molecule has 1 unspecified atom stereocenters. The van der Waals surface area contributed by atoms with Crippen molar-refractivity contribution in [2.24, 2.45) is 0 Å².